The van der Waals surface area contributed by atoms with Gasteiger partial charge in [0.05, 0.1) is 11.1 Å². The minimum atomic E-state index is -4.51. The first kappa shape index (κ1) is 27.1. The van der Waals surface area contributed by atoms with Gasteiger partial charge in [-0.1, -0.05) is 32.8 Å². The number of hydrogen-bond donors (Lipinski definition) is 1. The summed E-state index contributed by atoms with van der Waals surface area (Å²) in [5, 5.41) is 11.4. The van der Waals surface area contributed by atoms with Crippen molar-refractivity contribution in [1.29, 1.82) is 0 Å². The summed E-state index contributed by atoms with van der Waals surface area (Å²) in [5.41, 5.74) is 0.762. The van der Waals surface area contributed by atoms with E-state index in [1.807, 2.05) is 33.8 Å². The molecule has 1 N–H and O–H groups in total. The Balaban J connectivity index is 0.000000815. The zero-order chi connectivity index (χ0) is 25.8. The lowest BCUT2D eigenvalue weighted by atomic mass is 9.98. The Morgan fingerprint density at radius 1 is 1.09 bits per heavy atom. The van der Waals surface area contributed by atoms with E-state index in [2.05, 4.69) is 20.5 Å². The first-order valence-corrected chi connectivity index (χ1v) is 13.7. The third-order valence-corrected chi connectivity index (χ3v) is 7.39. The molecule has 1 aliphatic heterocycles. The van der Waals surface area contributed by atoms with E-state index in [4.69, 9.17) is 4.42 Å². The van der Waals surface area contributed by atoms with E-state index in [-0.39, 0.29) is 35.0 Å². The largest absolute Gasteiger partial charge is 0.418 e. The molecule has 10 heteroatoms. The molecular weight excluding hydrogens is 477 g/mol. The standard InChI is InChI=1S/C21H21F3N4O2S.2C2H6/c1-11-6-17(19-27-28-20(30-19)25-9-12-4-5-31(29)10-12)26-18-15(11)7-14(13-2-3-13)8-16(18)21(22,23)24;2*1-2/h6-8,12-13H,2-5,9-10H2,1H3,(H,25,28);2*1-2H3. The predicted octanol–water partition coefficient (Wildman–Crippen LogP) is 6.72. The summed E-state index contributed by atoms with van der Waals surface area (Å²) >= 11 is 0. The molecule has 35 heavy (non-hydrogen) atoms. The molecule has 1 aromatic carbocycles. The molecule has 5 rings (SSSR count). The second-order valence-corrected chi connectivity index (χ2v) is 9.94. The third kappa shape index (κ3) is 6.39. The number of aromatic nitrogens is 3. The minimum Gasteiger partial charge on any atom is -0.402 e. The fourth-order valence-corrected chi connectivity index (χ4v) is 5.58. The Labute approximate surface area is 206 Å². The Kier molecular flexibility index (Phi) is 8.90. The van der Waals surface area contributed by atoms with E-state index in [1.54, 1.807) is 13.0 Å². The van der Waals surface area contributed by atoms with Crippen molar-refractivity contribution in [2.24, 2.45) is 5.92 Å². The highest BCUT2D eigenvalue weighted by atomic mass is 32.2. The van der Waals surface area contributed by atoms with Gasteiger partial charge in [0.15, 0.2) is 0 Å². The molecule has 0 amide bonds. The van der Waals surface area contributed by atoms with Gasteiger partial charge in [0, 0.05) is 34.2 Å². The van der Waals surface area contributed by atoms with Gasteiger partial charge in [-0.3, -0.25) is 4.21 Å². The molecule has 2 unspecified atom stereocenters. The number of benzene rings is 1. The van der Waals surface area contributed by atoms with E-state index in [9.17, 15) is 17.4 Å². The number of alkyl halides is 3. The Hall–Kier alpha value is -2.49. The monoisotopic (exact) mass is 510 g/mol. The van der Waals surface area contributed by atoms with Gasteiger partial charge in [-0.15, -0.1) is 5.10 Å². The SMILES string of the molecule is CC.CC.Cc1cc(-c2nnc(NCC3CCS(=O)C3)o2)nc2c(C(F)(F)F)cc(C3CC3)cc12. The van der Waals surface area contributed by atoms with Crippen LogP contribution < -0.4 is 5.32 Å². The van der Waals surface area contributed by atoms with Gasteiger partial charge in [0.2, 0.25) is 0 Å². The van der Waals surface area contributed by atoms with Gasteiger partial charge >= 0.3 is 12.2 Å². The van der Waals surface area contributed by atoms with Crippen LogP contribution in [0.1, 0.15) is 69.6 Å². The molecule has 2 fully saturated rings. The maximum Gasteiger partial charge on any atom is 0.418 e. The predicted molar refractivity (Wildman–Crippen MR) is 134 cm³/mol. The average Bonchev–Trinajstić information content (AvgIpc) is 3.44. The van der Waals surface area contributed by atoms with E-state index >= 15 is 0 Å². The van der Waals surface area contributed by atoms with Crippen molar-refractivity contribution in [2.45, 2.75) is 66.0 Å². The highest BCUT2D eigenvalue weighted by Crippen LogP contribution is 2.45. The number of hydrogen-bond acceptors (Lipinski definition) is 6. The number of anilines is 1. The average molecular weight is 511 g/mol. The van der Waals surface area contributed by atoms with Gasteiger partial charge in [-0.25, -0.2) is 4.98 Å². The number of nitrogens with zero attached hydrogens (tertiary/aromatic N) is 3. The smallest absolute Gasteiger partial charge is 0.402 e. The van der Waals surface area contributed by atoms with Crippen LogP contribution in [0, 0.1) is 12.8 Å². The number of fused-ring (bicyclic) bond motifs is 1. The molecule has 2 aromatic heterocycles. The summed E-state index contributed by atoms with van der Waals surface area (Å²) in [7, 11) is -0.771. The molecule has 2 atom stereocenters. The molecule has 1 saturated carbocycles. The van der Waals surface area contributed by atoms with E-state index in [0.29, 0.717) is 29.0 Å². The summed E-state index contributed by atoms with van der Waals surface area (Å²) < 4.78 is 58.5. The second-order valence-electron chi connectivity index (χ2n) is 8.32. The summed E-state index contributed by atoms with van der Waals surface area (Å²) in [6.07, 6.45) is -1.80. The molecule has 0 spiro atoms. The van der Waals surface area contributed by atoms with Crippen LogP contribution in [0.25, 0.3) is 22.5 Å². The lowest BCUT2D eigenvalue weighted by Crippen LogP contribution is -2.14. The minimum absolute atomic E-state index is 0.0573. The number of rotatable bonds is 5. The van der Waals surface area contributed by atoms with Crippen LogP contribution in [0.4, 0.5) is 19.2 Å². The van der Waals surface area contributed by atoms with Crippen LogP contribution in [0.15, 0.2) is 22.6 Å². The summed E-state index contributed by atoms with van der Waals surface area (Å²) in [6.45, 7) is 10.3. The van der Waals surface area contributed by atoms with Crippen LogP contribution in [-0.2, 0) is 17.0 Å². The van der Waals surface area contributed by atoms with E-state index < -0.39 is 22.5 Å². The van der Waals surface area contributed by atoms with E-state index in [1.165, 1.54) is 6.07 Å². The van der Waals surface area contributed by atoms with Crippen LogP contribution in [0.5, 0.6) is 0 Å². The van der Waals surface area contributed by atoms with Crippen molar-refractivity contribution in [3.05, 3.63) is 34.9 Å². The Morgan fingerprint density at radius 3 is 2.40 bits per heavy atom. The van der Waals surface area contributed by atoms with Crippen molar-refractivity contribution in [3.63, 3.8) is 0 Å². The lowest BCUT2D eigenvalue weighted by Gasteiger charge is -2.14. The summed E-state index contributed by atoms with van der Waals surface area (Å²) in [6, 6.07) is 4.90. The lowest BCUT2D eigenvalue weighted by molar-refractivity contribution is -0.136. The van der Waals surface area contributed by atoms with Gasteiger partial charge < -0.3 is 9.73 Å². The zero-order valence-electron chi connectivity index (χ0n) is 20.8. The Bertz CT molecular complexity index is 1180. The molecule has 1 saturated heterocycles. The molecule has 192 valence electrons. The molecule has 2 aliphatic rings. The number of pyridine rings is 1. The van der Waals surface area contributed by atoms with Crippen molar-refractivity contribution < 1.29 is 21.8 Å². The first-order valence-electron chi connectivity index (χ1n) is 12.2. The maximum atomic E-state index is 13.8. The summed E-state index contributed by atoms with van der Waals surface area (Å²) in [4.78, 5) is 4.27. The third-order valence-electron chi connectivity index (χ3n) is 5.86. The van der Waals surface area contributed by atoms with Gasteiger partial charge in [0.1, 0.15) is 5.69 Å². The number of nitrogens with one attached hydrogen (secondary N) is 1. The highest BCUT2D eigenvalue weighted by Gasteiger charge is 2.36. The number of aryl methyl sites for hydroxylation is 1. The van der Waals surface area contributed by atoms with Crippen LogP contribution >= 0.6 is 0 Å². The second kappa shape index (κ2) is 11.5. The van der Waals surface area contributed by atoms with Gasteiger partial charge in [-0.2, -0.15) is 13.2 Å². The van der Waals surface area contributed by atoms with Crippen molar-refractivity contribution >= 4 is 27.7 Å². The molecule has 6 nitrogen and oxygen atoms in total. The Morgan fingerprint density at radius 2 is 1.80 bits per heavy atom. The van der Waals surface area contributed by atoms with Crippen LogP contribution in [-0.4, -0.2) is 37.4 Å². The molecule has 3 aromatic rings. The van der Waals surface area contributed by atoms with Gasteiger partial charge in [0.25, 0.3) is 5.89 Å². The topological polar surface area (TPSA) is 80.9 Å². The normalized spacial score (nSPS) is 19.5. The molecular formula is C25H33F3N4O2S. The van der Waals surface area contributed by atoms with Crippen molar-refractivity contribution in [1.82, 2.24) is 15.2 Å². The van der Waals surface area contributed by atoms with Crippen LogP contribution in [0.3, 0.4) is 0 Å². The van der Waals surface area contributed by atoms with E-state index in [0.717, 1.165) is 24.8 Å². The first-order chi connectivity index (χ1) is 16.8. The van der Waals surface area contributed by atoms with Crippen molar-refractivity contribution in [3.8, 4) is 11.6 Å². The van der Waals surface area contributed by atoms with Gasteiger partial charge in [-0.05, 0) is 67.3 Å². The maximum absolute atomic E-state index is 13.8. The van der Waals surface area contributed by atoms with Crippen molar-refractivity contribution in [2.75, 3.05) is 23.4 Å². The fourth-order valence-electron chi connectivity index (χ4n) is 4.01. The molecule has 0 bridgehead atoms. The fraction of sp³-hybridized carbons (Fsp3) is 0.560. The number of halogens is 3. The molecule has 0 radical (unpaired) electrons. The molecule has 3 heterocycles. The highest BCUT2D eigenvalue weighted by molar-refractivity contribution is 7.85. The molecule has 1 aliphatic carbocycles. The van der Waals surface area contributed by atoms with Crippen LogP contribution in [0.2, 0.25) is 0 Å². The zero-order valence-corrected chi connectivity index (χ0v) is 21.6. The quantitative estimate of drug-likeness (QED) is 0.410. The summed E-state index contributed by atoms with van der Waals surface area (Å²) in [5.74, 6) is 1.87.